The minimum absolute atomic E-state index is 0.0887. The fraction of sp³-hybridized carbons (Fsp3) is 0.900. The van der Waals surface area contributed by atoms with Crippen LogP contribution in [0.3, 0.4) is 0 Å². The quantitative estimate of drug-likeness (QED) is 0.652. The predicted molar refractivity (Wildman–Crippen MR) is 56.9 cm³/mol. The van der Waals surface area contributed by atoms with Crippen LogP contribution in [0.2, 0.25) is 0 Å². The maximum absolute atomic E-state index is 11.7. The first kappa shape index (κ1) is 11.5. The van der Waals surface area contributed by atoms with E-state index in [2.05, 4.69) is 5.32 Å². The van der Waals surface area contributed by atoms with E-state index in [0.717, 1.165) is 12.8 Å². The number of nitrogens with zero attached hydrogens (tertiary/aromatic N) is 1. The molecule has 14 heavy (non-hydrogen) atoms. The minimum atomic E-state index is -0.0887. The highest BCUT2D eigenvalue weighted by Gasteiger charge is 2.28. The lowest BCUT2D eigenvalue weighted by Gasteiger charge is -2.28. The van der Waals surface area contributed by atoms with Gasteiger partial charge in [-0.05, 0) is 33.7 Å². The van der Waals surface area contributed by atoms with Crippen LogP contribution >= 0.6 is 0 Å². The fourth-order valence-electron chi connectivity index (χ4n) is 1.28. The molecule has 0 aromatic rings. The van der Waals surface area contributed by atoms with E-state index in [9.17, 15) is 4.79 Å². The van der Waals surface area contributed by atoms with Crippen molar-refractivity contribution in [2.24, 2.45) is 5.73 Å². The van der Waals surface area contributed by atoms with E-state index in [1.165, 1.54) is 0 Å². The van der Waals surface area contributed by atoms with Crippen LogP contribution in [-0.2, 0) is 4.79 Å². The molecule has 0 radical (unpaired) electrons. The first-order valence-corrected chi connectivity index (χ1v) is 5.28. The molecule has 0 saturated heterocycles. The van der Waals surface area contributed by atoms with Crippen LogP contribution in [0.25, 0.3) is 0 Å². The van der Waals surface area contributed by atoms with Crippen LogP contribution in [0, 0.1) is 0 Å². The summed E-state index contributed by atoms with van der Waals surface area (Å²) in [5, 5.41) is 2.99. The molecule has 0 aromatic heterocycles. The van der Waals surface area contributed by atoms with Gasteiger partial charge < -0.3 is 11.1 Å². The normalized spacial score (nSPS) is 20.6. The van der Waals surface area contributed by atoms with E-state index in [1.54, 1.807) is 0 Å². The molecule has 4 nitrogen and oxygen atoms in total. The molecule has 1 amide bonds. The van der Waals surface area contributed by atoms with Gasteiger partial charge >= 0.3 is 0 Å². The topological polar surface area (TPSA) is 58.4 Å². The molecule has 1 aliphatic carbocycles. The smallest absolute Gasteiger partial charge is 0.237 e. The molecule has 1 rings (SSSR count). The summed E-state index contributed by atoms with van der Waals surface area (Å²) < 4.78 is 0. The van der Waals surface area contributed by atoms with E-state index < -0.39 is 0 Å². The fourth-order valence-corrected chi connectivity index (χ4v) is 1.28. The number of amides is 1. The summed E-state index contributed by atoms with van der Waals surface area (Å²) in [7, 11) is 1.94. The standard InChI is InChI=1S/C10H21N3O/c1-7(6-11)13(3)8(2)10(14)12-9-4-5-9/h7-9H,4-6,11H2,1-3H3,(H,12,14). The number of rotatable bonds is 5. The summed E-state index contributed by atoms with van der Waals surface area (Å²) in [5.41, 5.74) is 5.55. The Labute approximate surface area is 85.8 Å². The van der Waals surface area contributed by atoms with Gasteiger partial charge in [0.2, 0.25) is 5.91 Å². The van der Waals surface area contributed by atoms with Crippen LogP contribution in [0.1, 0.15) is 26.7 Å². The van der Waals surface area contributed by atoms with Gasteiger partial charge in [-0.15, -0.1) is 0 Å². The second-order valence-electron chi connectivity index (χ2n) is 4.21. The number of carbonyl (C=O) groups excluding carboxylic acids is 1. The highest BCUT2D eigenvalue weighted by Crippen LogP contribution is 2.19. The highest BCUT2D eigenvalue weighted by atomic mass is 16.2. The first-order chi connectivity index (χ1) is 6.56. The summed E-state index contributed by atoms with van der Waals surface area (Å²) in [6, 6.07) is 0.593. The molecule has 3 N–H and O–H groups in total. The van der Waals surface area contributed by atoms with Gasteiger partial charge in [0.05, 0.1) is 6.04 Å². The number of hydrogen-bond acceptors (Lipinski definition) is 3. The maximum atomic E-state index is 11.7. The van der Waals surface area contributed by atoms with E-state index in [4.69, 9.17) is 5.73 Å². The molecule has 2 unspecified atom stereocenters. The zero-order chi connectivity index (χ0) is 10.7. The third kappa shape index (κ3) is 2.96. The van der Waals surface area contributed by atoms with Crippen molar-refractivity contribution in [3.05, 3.63) is 0 Å². The molecule has 0 spiro atoms. The third-order valence-corrected chi connectivity index (χ3v) is 2.95. The largest absolute Gasteiger partial charge is 0.352 e. The molecular formula is C10H21N3O. The van der Waals surface area contributed by atoms with Crippen LogP contribution in [0.15, 0.2) is 0 Å². The molecular weight excluding hydrogens is 178 g/mol. The van der Waals surface area contributed by atoms with Crippen LogP contribution in [0.5, 0.6) is 0 Å². The second kappa shape index (κ2) is 4.75. The zero-order valence-electron chi connectivity index (χ0n) is 9.29. The predicted octanol–water partition coefficient (Wildman–Crippen LogP) is -0.0675. The Morgan fingerprint density at radius 3 is 2.57 bits per heavy atom. The van der Waals surface area contributed by atoms with Crippen molar-refractivity contribution in [2.75, 3.05) is 13.6 Å². The average molecular weight is 199 g/mol. The van der Waals surface area contributed by atoms with Gasteiger partial charge in [0.15, 0.2) is 0 Å². The Kier molecular flexibility index (Phi) is 3.89. The Bertz CT molecular complexity index is 204. The number of carbonyl (C=O) groups is 1. The van der Waals surface area contributed by atoms with Crippen LogP contribution in [-0.4, -0.2) is 42.5 Å². The SMILES string of the molecule is CC(CN)N(C)C(C)C(=O)NC1CC1. The van der Waals surface area contributed by atoms with E-state index >= 15 is 0 Å². The molecule has 1 saturated carbocycles. The number of likely N-dealkylation sites (N-methyl/N-ethyl adjacent to an activating group) is 1. The highest BCUT2D eigenvalue weighted by molar-refractivity contribution is 5.81. The Morgan fingerprint density at radius 1 is 1.57 bits per heavy atom. The van der Waals surface area contributed by atoms with E-state index in [0.29, 0.717) is 12.6 Å². The van der Waals surface area contributed by atoms with Gasteiger partial charge in [-0.3, -0.25) is 9.69 Å². The number of hydrogen-bond donors (Lipinski definition) is 2. The van der Waals surface area contributed by atoms with Crippen molar-refractivity contribution < 1.29 is 4.79 Å². The third-order valence-electron chi connectivity index (χ3n) is 2.95. The van der Waals surface area contributed by atoms with Crippen molar-refractivity contribution in [2.45, 2.75) is 44.8 Å². The lowest BCUT2D eigenvalue weighted by Crippen LogP contribution is -2.49. The van der Waals surface area contributed by atoms with Crippen molar-refractivity contribution in [3.8, 4) is 0 Å². The molecule has 1 fully saturated rings. The lowest BCUT2D eigenvalue weighted by atomic mass is 10.2. The molecule has 1 aliphatic rings. The van der Waals surface area contributed by atoms with Gasteiger partial charge in [-0.2, -0.15) is 0 Å². The monoisotopic (exact) mass is 199 g/mol. The lowest BCUT2D eigenvalue weighted by molar-refractivity contribution is -0.126. The van der Waals surface area contributed by atoms with Gasteiger partial charge in [-0.25, -0.2) is 0 Å². The summed E-state index contributed by atoms with van der Waals surface area (Å²) >= 11 is 0. The summed E-state index contributed by atoms with van der Waals surface area (Å²) in [5.74, 6) is 0.121. The van der Waals surface area contributed by atoms with E-state index in [-0.39, 0.29) is 18.0 Å². The summed E-state index contributed by atoms with van der Waals surface area (Å²) in [6.07, 6.45) is 2.27. The minimum Gasteiger partial charge on any atom is -0.352 e. The number of nitrogens with two attached hydrogens (primary N) is 1. The molecule has 0 bridgehead atoms. The molecule has 0 aliphatic heterocycles. The average Bonchev–Trinajstić information content (AvgIpc) is 2.97. The number of nitrogens with one attached hydrogen (secondary N) is 1. The zero-order valence-corrected chi connectivity index (χ0v) is 9.29. The molecule has 4 heteroatoms. The van der Waals surface area contributed by atoms with Crippen LogP contribution in [0.4, 0.5) is 0 Å². The Hall–Kier alpha value is -0.610. The van der Waals surface area contributed by atoms with Gasteiger partial charge in [-0.1, -0.05) is 0 Å². The van der Waals surface area contributed by atoms with Crippen molar-refractivity contribution in [1.29, 1.82) is 0 Å². The van der Waals surface area contributed by atoms with Gasteiger partial charge in [0, 0.05) is 18.6 Å². The van der Waals surface area contributed by atoms with E-state index in [1.807, 2.05) is 25.8 Å². The Balaban J connectivity index is 2.36. The molecule has 0 aromatic carbocycles. The van der Waals surface area contributed by atoms with Gasteiger partial charge in [0.1, 0.15) is 0 Å². The van der Waals surface area contributed by atoms with Crippen molar-refractivity contribution in [1.82, 2.24) is 10.2 Å². The van der Waals surface area contributed by atoms with Crippen LogP contribution < -0.4 is 11.1 Å². The molecule has 0 heterocycles. The Morgan fingerprint density at radius 2 is 2.14 bits per heavy atom. The second-order valence-corrected chi connectivity index (χ2v) is 4.21. The molecule has 2 atom stereocenters. The van der Waals surface area contributed by atoms with Crippen molar-refractivity contribution in [3.63, 3.8) is 0 Å². The first-order valence-electron chi connectivity index (χ1n) is 5.28. The van der Waals surface area contributed by atoms with Crippen molar-refractivity contribution >= 4 is 5.91 Å². The molecule has 82 valence electrons. The summed E-state index contributed by atoms with van der Waals surface area (Å²) in [6.45, 7) is 4.53. The van der Waals surface area contributed by atoms with Gasteiger partial charge in [0.25, 0.3) is 0 Å². The maximum Gasteiger partial charge on any atom is 0.237 e. The summed E-state index contributed by atoms with van der Waals surface area (Å²) in [4.78, 5) is 13.7.